The minimum Gasteiger partial charge on any atom is -0.358 e. The van der Waals surface area contributed by atoms with Crippen LogP contribution in [0.25, 0.3) is 0 Å². The molecule has 36 heavy (non-hydrogen) atoms. The Labute approximate surface area is 224 Å². The first-order valence-electron chi connectivity index (χ1n) is 11.9. The van der Waals surface area contributed by atoms with Crippen LogP contribution >= 0.6 is 23.5 Å². The van der Waals surface area contributed by atoms with Crippen LogP contribution in [0.2, 0.25) is 0 Å². The van der Waals surface area contributed by atoms with Crippen LogP contribution in [-0.2, 0) is 17.8 Å². The molecule has 0 bridgehead atoms. The molecule has 0 atom stereocenters. The van der Waals surface area contributed by atoms with E-state index in [9.17, 15) is 9.59 Å². The molecule has 1 N–H and O–H groups in total. The zero-order chi connectivity index (χ0) is 26.9. The highest BCUT2D eigenvalue weighted by Crippen LogP contribution is 2.23. The number of hydrogen-bond donors (Lipinski definition) is 1. The second-order valence-electron chi connectivity index (χ2n) is 7.82. The summed E-state index contributed by atoms with van der Waals surface area (Å²) in [7, 11) is 1.56. The molecule has 8 heteroatoms. The number of carbonyl (C=O) groups is 1. The third-order valence-electron chi connectivity index (χ3n) is 4.86. The summed E-state index contributed by atoms with van der Waals surface area (Å²) in [6.45, 7) is 17.4. The Morgan fingerprint density at radius 2 is 2.03 bits per heavy atom. The predicted octanol–water partition coefficient (Wildman–Crippen LogP) is 6.16. The summed E-state index contributed by atoms with van der Waals surface area (Å²) in [6, 6.07) is 0. The number of aryl methyl sites for hydroxylation is 1. The van der Waals surface area contributed by atoms with E-state index in [0.29, 0.717) is 23.0 Å². The van der Waals surface area contributed by atoms with Gasteiger partial charge in [0.1, 0.15) is 12.2 Å². The van der Waals surface area contributed by atoms with E-state index in [1.54, 1.807) is 12.5 Å². The molecule has 1 aromatic rings. The number of nitrogens with zero attached hydrogens (tertiary/aromatic N) is 3. The van der Waals surface area contributed by atoms with Gasteiger partial charge in [0.05, 0.1) is 0 Å². The van der Waals surface area contributed by atoms with Crippen LogP contribution in [0.15, 0.2) is 93.2 Å². The van der Waals surface area contributed by atoms with E-state index in [4.69, 9.17) is 0 Å². The van der Waals surface area contributed by atoms with Gasteiger partial charge in [0, 0.05) is 12.8 Å². The fraction of sp³-hybridized carbons (Fsp3) is 0.357. The second kappa shape index (κ2) is 17.6. The van der Waals surface area contributed by atoms with E-state index >= 15 is 0 Å². The van der Waals surface area contributed by atoms with E-state index in [1.807, 2.05) is 13.8 Å². The van der Waals surface area contributed by atoms with Crippen molar-refractivity contribution >= 4 is 29.4 Å². The lowest BCUT2D eigenvalue weighted by molar-refractivity contribution is -0.121. The molecule has 1 aliphatic rings. The maximum Gasteiger partial charge on any atom is 0.295 e. The normalized spacial score (nSPS) is 13.0. The minimum atomic E-state index is -0.336. The zero-order valence-electron chi connectivity index (χ0n) is 21.9. The van der Waals surface area contributed by atoms with Gasteiger partial charge in [-0.25, -0.2) is 4.68 Å². The van der Waals surface area contributed by atoms with Crippen molar-refractivity contribution in [1.82, 2.24) is 20.1 Å². The Bertz CT molecular complexity index is 1110. The molecule has 0 saturated heterocycles. The predicted molar refractivity (Wildman–Crippen MR) is 156 cm³/mol. The molecular weight excluding hydrogens is 488 g/mol. The van der Waals surface area contributed by atoms with Gasteiger partial charge in [-0.3, -0.25) is 9.59 Å². The average molecular weight is 527 g/mol. The molecule has 6 nitrogen and oxygen atoms in total. The fourth-order valence-electron chi connectivity index (χ4n) is 2.94. The van der Waals surface area contributed by atoms with E-state index in [2.05, 4.69) is 78.5 Å². The van der Waals surface area contributed by atoms with Crippen molar-refractivity contribution in [2.45, 2.75) is 58.2 Å². The number of carbonyl (C=O) groups excluding carboxylic acids is 1. The average Bonchev–Trinajstić information content (AvgIpc) is 2.86. The van der Waals surface area contributed by atoms with Crippen molar-refractivity contribution in [1.29, 1.82) is 0 Å². The van der Waals surface area contributed by atoms with Crippen molar-refractivity contribution in [3.05, 3.63) is 99.3 Å². The Morgan fingerprint density at radius 1 is 1.28 bits per heavy atom. The van der Waals surface area contributed by atoms with Gasteiger partial charge in [0.25, 0.3) is 5.56 Å². The van der Waals surface area contributed by atoms with E-state index in [0.717, 1.165) is 23.3 Å². The van der Waals surface area contributed by atoms with Gasteiger partial charge in [-0.05, 0) is 61.0 Å². The van der Waals surface area contributed by atoms with Gasteiger partial charge in [-0.15, -0.1) is 11.8 Å². The number of amides is 1. The Hall–Kier alpha value is -2.84. The van der Waals surface area contributed by atoms with Crippen molar-refractivity contribution in [3.8, 4) is 0 Å². The number of thioether (sulfide) groups is 2. The third kappa shape index (κ3) is 11.7. The van der Waals surface area contributed by atoms with Crippen molar-refractivity contribution in [2.24, 2.45) is 0 Å². The van der Waals surface area contributed by atoms with Crippen molar-refractivity contribution < 1.29 is 4.79 Å². The van der Waals surface area contributed by atoms with Crippen LogP contribution in [0, 0.1) is 0 Å². The highest BCUT2D eigenvalue weighted by atomic mass is 32.2. The molecule has 0 spiro atoms. The summed E-state index contributed by atoms with van der Waals surface area (Å²) >= 11 is 2.87. The topological polar surface area (TPSA) is 76.9 Å². The molecule has 0 aromatic carbocycles. The summed E-state index contributed by atoms with van der Waals surface area (Å²) in [5.74, 6) is 0.515. The number of rotatable bonds is 12. The maximum absolute atomic E-state index is 11.8. The van der Waals surface area contributed by atoms with Gasteiger partial charge in [0.15, 0.2) is 5.16 Å². The number of hydrogen-bond acceptors (Lipinski definition) is 6. The smallest absolute Gasteiger partial charge is 0.295 e. The lowest BCUT2D eigenvalue weighted by Gasteiger charge is -2.11. The maximum atomic E-state index is 11.8. The van der Waals surface area contributed by atoms with Crippen LogP contribution < -0.4 is 10.9 Å². The van der Waals surface area contributed by atoms with Gasteiger partial charge >= 0.3 is 0 Å². The molecular formula is C28H38N4O2S2. The highest BCUT2D eigenvalue weighted by Gasteiger charge is 2.12. The molecule has 0 fully saturated rings. The van der Waals surface area contributed by atoms with Crippen LogP contribution in [0.3, 0.4) is 0 Å². The number of likely N-dealkylation sites (N-methyl/N-ethyl adjacent to an activating group) is 1. The molecule has 1 amide bonds. The fourth-order valence-corrected chi connectivity index (χ4v) is 4.46. The molecule has 1 aliphatic carbocycles. The van der Waals surface area contributed by atoms with Gasteiger partial charge in [-0.2, -0.15) is 10.1 Å². The summed E-state index contributed by atoms with van der Waals surface area (Å²) in [5.41, 5.74) is 3.72. The summed E-state index contributed by atoms with van der Waals surface area (Å²) < 4.78 is 1.48. The van der Waals surface area contributed by atoms with Crippen LogP contribution in [0.1, 0.15) is 45.7 Å². The standard InChI is InChI=1S/C14H20N4O2S2.C14H18/c1-5-11-13(20)16-14(18(17-11)9-12(19)15-4)22-8-7-10(3)21-6-2;1-4-13(11-10-12(2)3)14-8-6-5-7-9-14/h6H,2-3,5,7-9H2,1,4H3,(H,15,19);4,6,8-11H,2,5,7H2,1,3H3/b;11-10-,13-4+. The molecule has 1 aromatic heterocycles. The summed E-state index contributed by atoms with van der Waals surface area (Å²) in [6.07, 6.45) is 16.6. The minimum absolute atomic E-state index is 0.0431. The first kappa shape index (κ1) is 31.2. The largest absolute Gasteiger partial charge is 0.358 e. The molecule has 0 unspecified atom stereocenters. The Balaban J connectivity index is 0.000000397. The monoisotopic (exact) mass is 526 g/mol. The molecule has 2 rings (SSSR count). The van der Waals surface area contributed by atoms with Crippen LogP contribution in [-0.4, -0.2) is 33.5 Å². The molecule has 194 valence electrons. The van der Waals surface area contributed by atoms with E-state index in [1.165, 1.54) is 45.8 Å². The lowest BCUT2D eigenvalue weighted by atomic mass is 9.98. The summed E-state index contributed by atoms with van der Waals surface area (Å²) in [5, 5.41) is 8.94. The van der Waals surface area contributed by atoms with Crippen LogP contribution in [0.4, 0.5) is 0 Å². The van der Waals surface area contributed by atoms with Crippen molar-refractivity contribution in [2.75, 3.05) is 12.8 Å². The first-order chi connectivity index (χ1) is 17.2. The third-order valence-corrected chi connectivity index (χ3v) is 6.53. The van der Waals surface area contributed by atoms with Crippen LogP contribution in [0.5, 0.6) is 0 Å². The first-order valence-corrected chi connectivity index (χ1v) is 13.8. The SMILES string of the molecule is C=C(C)/C=C\C(=C/C)C1=CCCC=C1.C=CSC(=C)CCSc1nc(=O)c(CC)nn1CC(=O)NC. The summed E-state index contributed by atoms with van der Waals surface area (Å²) in [4.78, 5) is 28.4. The molecule has 0 radical (unpaired) electrons. The van der Waals surface area contributed by atoms with Crippen molar-refractivity contribution in [3.63, 3.8) is 0 Å². The quantitative estimate of drug-likeness (QED) is 0.260. The Morgan fingerprint density at radius 3 is 2.58 bits per heavy atom. The van der Waals surface area contributed by atoms with Gasteiger partial charge in [-0.1, -0.05) is 80.5 Å². The van der Waals surface area contributed by atoms with Gasteiger partial charge < -0.3 is 5.32 Å². The number of aromatic nitrogens is 3. The number of nitrogens with one attached hydrogen (secondary N) is 1. The Kier molecular flexibility index (Phi) is 15.2. The molecule has 0 aliphatic heterocycles. The van der Waals surface area contributed by atoms with E-state index < -0.39 is 0 Å². The highest BCUT2D eigenvalue weighted by molar-refractivity contribution is 8.05. The van der Waals surface area contributed by atoms with Gasteiger partial charge in [0.2, 0.25) is 5.91 Å². The lowest BCUT2D eigenvalue weighted by Crippen LogP contribution is -2.29. The van der Waals surface area contributed by atoms with E-state index in [-0.39, 0.29) is 18.0 Å². The second-order valence-corrected chi connectivity index (χ2v) is 10.0. The molecule has 1 heterocycles. The molecule has 0 saturated carbocycles. The zero-order valence-corrected chi connectivity index (χ0v) is 23.5. The number of allylic oxidation sites excluding steroid dienone is 10.